The molecular weight excluding hydrogens is 624 g/mol. The van der Waals surface area contributed by atoms with Gasteiger partial charge in [0.2, 0.25) is 0 Å². The van der Waals surface area contributed by atoms with Crippen LogP contribution in [0.3, 0.4) is 0 Å². The predicted octanol–water partition coefficient (Wildman–Crippen LogP) is 5.82. The molecular formula is C33H32Cl2FN3O6. The minimum Gasteiger partial charge on any atom is -0.478 e. The Balaban J connectivity index is 1.17. The van der Waals surface area contributed by atoms with E-state index in [1.807, 2.05) is 6.07 Å². The maximum Gasteiger partial charge on any atom is 0.337 e. The highest BCUT2D eigenvalue weighted by Crippen LogP contribution is 2.43. The first-order valence-corrected chi connectivity index (χ1v) is 15.8. The Morgan fingerprint density at radius 3 is 2.29 bits per heavy atom. The van der Waals surface area contributed by atoms with E-state index < -0.39 is 17.7 Å². The number of aliphatic hydroxyl groups is 1. The Labute approximate surface area is 269 Å². The SMILES string of the molecule is O=C(O)c1cc(F)c(-c2cccc3c2OCN(C(=O)c2c(Cl)cc(N4CCC(O)CC4)cc2Cl)C3)cc1N1C2CCC1COC2. The van der Waals surface area contributed by atoms with Gasteiger partial charge >= 0.3 is 5.97 Å². The van der Waals surface area contributed by atoms with Crippen LogP contribution < -0.4 is 14.5 Å². The smallest absolute Gasteiger partial charge is 0.337 e. The van der Waals surface area contributed by atoms with Gasteiger partial charge in [0.1, 0.15) is 11.6 Å². The van der Waals surface area contributed by atoms with E-state index in [0.29, 0.717) is 61.7 Å². The quantitative estimate of drug-likeness (QED) is 0.355. The summed E-state index contributed by atoms with van der Waals surface area (Å²) in [7, 11) is 0. The van der Waals surface area contributed by atoms with Crippen LogP contribution in [-0.2, 0) is 11.3 Å². The first-order chi connectivity index (χ1) is 21.7. The summed E-state index contributed by atoms with van der Waals surface area (Å²) in [4.78, 5) is 31.5. The molecule has 3 aromatic carbocycles. The summed E-state index contributed by atoms with van der Waals surface area (Å²) in [6, 6.07) is 11.5. The molecule has 0 radical (unpaired) electrons. The molecule has 0 aromatic heterocycles. The average Bonchev–Trinajstić information content (AvgIpc) is 3.27. The van der Waals surface area contributed by atoms with E-state index in [0.717, 1.165) is 24.6 Å². The zero-order chi connectivity index (χ0) is 31.4. The van der Waals surface area contributed by atoms with Gasteiger partial charge in [-0.3, -0.25) is 4.79 Å². The number of rotatable bonds is 5. The molecule has 4 heterocycles. The van der Waals surface area contributed by atoms with Crippen LogP contribution in [0.5, 0.6) is 5.75 Å². The van der Waals surface area contributed by atoms with E-state index in [4.69, 9.17) is 32.7 Å². The van der Waals surface area contributed by atoms with Crippen LogP contribution in [0.1, 0.15) is 52.0 Å². The molecule has 3 fully saturated rings. The van der Waals surface area contributed by atoms with Gasteiger partial charge in [0.05, 0.1) is 64.8 Å². The van der Waals surface area contributed by atoms with Crippen molar-refractivity contribution in [1.29, 1.82) is 0 Å². The Morgan fingerprint density at radius 1 is 0.933 bits per heavy atom. The number of morpholine rings is 1. The summed E-state index contributed by atoms with van der Waals surface area (Å²) in [6.07, 6.45) is 2.72. The number of aromatic carboxylic acids is 1. The summed E-state index contributed by atoms with van der Waals surface area (Å²) < 4.78 is 27.5. The number of para-hydroxylation sites is 1. The van der Waals surface area contributed by atoms with E-state index in [1.54, 1.807) is 30.3 Å². The molecule has 4 aliphatic heterocycles. The molecule has 1 amide bonds. The van der Waals surface area contributed by atoms with Crippen molar-refractivity contribution in [1.82, 2.24) is 4.90 Å². The molecule has 2 N–H and O–H groups in total. The van der Waals surface area contributed by atoms with Gasteiger partial charge in [-0.25, -0.2) is 9.18 Å². The second-order valence-electron chi connectivity index (χ2n) is 12.1. The molecule has 0 spiro atoms. The normalized spacial score (nSPS) is 21.5. The van der Waals surface area contributed by atoms with Crippen molar-refractivity contribution in [2.45, 2.75) is 50.4 Å². The Hall–Kier alpha value is -3.57. The van der Waals surface area contributed by atoms with Gasteiger partial charge in [-0.2, -0.15) is 0 Å². The zero-order valence-corrected chi connectivity index (χ0v) is 25.9. The van der Waals surface area contributed by atoms with Crippen LogP contribution in [0, 0.1) is 5.82 Å². The van der Waals surface area contributed by atoms with Gasteiger partial charge < -0.3 is 34.4 Å². The highest BCUT2D eigenvalue weighted by atomic mass is 35.5. The molecule has 3 saturated heterocycles. The third kappa shape index (κ3) is 5.48. The number of carboxylic acids is 1. The molecule has 9 nitrogen and oxygen atoms in total. The molecule has 7 rings (SSSR count). The number of carbonyl (C=O) groups is 2. The molecule has 2 atom stereocenters. The lowest BCUT2D eigenvalue weighted by Gasteiger charge is -2.37. The van der Waals surface area contributed by atoms with E-state index in [2.05, 4.69) is 9.80 Å². The van der Waals surface area contributed by atoms with E-state index in [1.165, 1.54) is 4.90 Å². The summed E-state index contributed by atoms with van der Waals surface area (Å²) in [6.45, 7) is 2.38. The van der Waals surface area contributed by atoms with Gasteiger partial charge in [-0.1, -0.05) is 41.4 Å². The summed E-state index contributed by atoms with van der Waals surface area (Å²) in [5.41, 5.74) is 2.70. The number of hydrogen-bond donors (Lipinski definition) is 2. The second-order valence-corrected chi connectivity index (χ2v) is 12.9. The number of benzene rings is 3. The molecule has 0 aliphatic carbocycles. The van der Waals surface area contributed by atoms with Gasteiger partial charge in [0, 0.05) is 35.5 Å². The van der Waals surface area contributed by atoms with Gasteiger partial charge in [-0.05, 0) is 49.9 Å². The van der Waals surface area contributed by atoms with Crippen molar-refractivity contribution in [2.24, 2.45) is 0 Å². The first kappa shape index (κ1) is 30.1. The standard InChI is InChI=1S/C33H32Cl2FN3O6/c34-26-10-21(37-8-6-22(40)7-9-37)11-27(35)30(26)32(41)38-14-18-2-1-3-23(31(18)45-17-38)24-13-29(25(33(42)43)12-28(24)36)39-19-4-5-20(39)16-44-15-19/h1-3,10-13,19-20,22,40H,4-9,14-17H2,(H,42,43). The highest BCUT2D eigenvalue weighted by molar-refractivity contribution is 6.40. The number of aliphatic hydroxyl groups excluding tert-OH is 1. The number of amides is 1. The average molecular weight is 657 g/mol. The monoisotopic (exact) mass is 655 g/mol. The summed E-state index contributed by atoms with van der Waals surface area (Å²) in [5, 5.41) is 20.2. The molecule has 0 saturated carbocycles. The largest absolute Gasteiger partial charge is 0.478 e. The van der Waals surface area contributed by atoms with E-state index in [-0.39, 0.29) is 58.2 Å². The summed E-state index contributed by atoms with van der Waals surface area (Å²) in [5.74, 6) is -1.83. The number of piperidine rings is 1. The predicted molar refractivity (Wildman–Crippen MR) is 168 cm³/mol. The van der Waals surface area contributed by atoms with Gasteiger partial charge in [0.25, 0.3) is 5.91 Å². The first-order valence-electron chi connectivity index (χ1n) is 15.1. The van der Waals surface area contributed by atoms with E-state index in [9.17, 15) is 19.8 Å². The number of nitrogens with zero attached hydrogens (tertiary/aromatic N) is 3. The van der Waals surface area contributed by atoms with Crippen LogP contribution in [0.2, 0.25) is 10.0 Å². The van der Waals surface area contributed by atoms with Gasteiger partial charge in [0.15, 0.2) is 6.73 Å². The van der Waals surface area contributed by atoms with Crippen molar-refractivity contribution < 1.29 is 33.7 Å². The molecule has 12 heteroatoms. The number of halogens is 3. The maximum absolute atomic E-state index is 15.7. The maximum atomic E-state index is 15.7. The number of hydrogen-bond acceptors (Lipinski definition) is 7. The molecule has 3 aromatic rings. The molecule has 2 unspecified atom stereocenters. The minimum atomic E-state index is -1.19. The number of ether oxygens (including phenoxy) is 2. The molecule has 236 valence electrons. The molecule has 4 aliphatic rings. The third-order valence-electron chi connectivity index (χ3n) is 9.30. The van der Waals surface area contributed by atoms with Crippen LogP contribution in [-0.4, -0.2) is 78.2 Å². The van der Waals surface area contributed by atoms with Crippen LogP contribution >= 0.6 is 23.2 Å². The Morgan fingerprint density at radius 2 is 1.62 bits per heavy atom. The minimum absolute atomic E-state index is 0.0288. The topological polar surface area (TPSA) is 103 Å². The number of anilines is 2. The lowest BCUT2D eigenvalue weighted by Crippen LogP contribution is -2.46. The fourth-order valence-corrected chi connectivity index (χ4v) is 7.66. The Bertz CT molecular complexity index is 1640. The number of carbonyl (C=O) groups excluding carboxylic acids is 1. The Kier molecular flexibility index (Phi) is 8.02. The second kappa shape index (κ2) is 12.0. The lowest BCUT2D eigenvalue weighted by atomic mass is 9.96. The molecule has 45 heavy (non-hydrogen) atoms. The van der Waals surface area contributed by atoms with Crippen LogP contribution in [0.25, 0.3) is 11.1 Å². The fourth-order valence-electron chi connectivity index (χ4n) is 7.02. The lowest BCUT2D eigenvalue weighted by molar-refractivity contribution is 0.0516. The van der Waals surface area contributed by atoms with Crippen molar-refractivity contribution in [3.05, 3.63) is 75.0 Å². The zero-order valence-electron chi connectivity index (χ0n) is 24.3. The highest BCUT2D eigenvalue weighted by Gasteiger charge is 2.40. The third-order valence-corrected chi connectivity index (χ3v) is 9.90. The van der Waals surface area contributed by atoms with Crippen molar-refractivity contribution >= 4 is 46.5 Å². The van der Waals surface area contributed by atoms with E-state index >= 15 is 4.39 Å². The van der Waals surface area contributed by atoms with Gasteiger partial charge in [-0.15, -0.1) is 0 Å². The fraction of sp³-hybridized carbons (Fsp3) is 0.394. The number of carboxylic acid groups (broad SMARTS) is 1. The van der Waals surface area contributed by atoms with Crippen LogP contribution in [0.15, 0.2) is 42.5 Å². The number of fused-ring (bicyclic) bond motifs is 3. The van der Waals surface area contributed by atoms with Crippen molar-refractivity contribution in [3.63, 3.8) is 0 Å². The van der Waals surface area contributed by atoms with Crippen molar-refractivity contribution in [2.75, 3.05) is 42.8 Å². The van der Waals surface area contributed by atoms with Crippen molar-refractivity contribution in [3.8, 4) is 16.9 Å². The summed E-state index contributed by atoms with van der Waals surface area (Å²) >= 11 is 13.2. The van der Waals surface area contributed by atoms with Crippen LogP contribution in [0.4, 0.5) is 15.8 Å². The molecule has 2 bridgehead atoms.